The number of hydrogen-bond acceptors (Lipinski definition) is 4. The Balaban J connectivity index is 2.60. The lowest BCUT2D eigenvalue weighted by molar-refractivity contribution is -0.137. The summed E-state index contributed by atoms with van der Waals surface area (Å²) in [5.74, 6) is -0.165. The predicted molar refractivity (Wildman–Crippen MR) is 72.4 cm³/mol. The minimum Gasteiger partial charge on any atom is -0.481 e. The summed E-state index contributed by atoms with van der Waals surface area (Å²) in [6.45, 7) is 0.611. The van der Waals surface area contributed by atoms with E-state index in [-0.39, 0.29) is 12.3 Å². The molecule has 0 aliphatic carbocycles. The summed E-state index contributed by atoms with van der Waals surface area (Å²) in [5, 5.41) is 8.57. The van der Waals surface area contributed by atoms with Crippen molar-refractivity contribution in [1.29, 1.82) is 0 Å². The topological polar surface area (TPSA) is 73.7 Å². The molecule has 104 valence electrons. The minimum absolute atomic E-state index is 0.0902. The van der Waals surface area contributed by atoms with Crippen LogP contribution in [0.1, 0.15) is 23.2 Å². The molecule has 0 aliphatic heterocycles. The molecular weight excluding hydrogens is 246 g/mol. The molecule has 19 heavy (non-hydrogen) atoms. The lowest BCUT2D eigenvalue weighted by atomic mass is 10.2. The highest BCUT2D eigenvalue weighted by molar-refractivity contribution is 5.93. The van der Waals surface area contributed by atoms with Crippen LogP contribution in [0.2, 0.25) is 0 Å². The fourth-order valence-corrected chi connectivity index (χ4v) is 1.58. The van der Waals surface area contributed by atoms with Gasteiger partial charge in [-0.2, -0.15) is 0 Å². The molecule has 0 saturated carbocycles. The van der Waals surface area contributed by atoms with E-state index >= 15 is 0 Å². The summed E-state index contributed by atoms with van der Waals surface area (Å²) >= 11 is 0. The van der Waals surface area contributed by atoms with Gasteiger partial charge in [-0.25, -0.2) is 4.98 Å². The second kappa shape index (κ2) is 6.72. The second-order valence-electron chi connectivity index (χ2n) is 4.52. The van der Waals surface area contributed by atoms with Crippen LogP contribution in [-0.2, 0) is 4.79 Å². The van der Waals surface area contributed by atoms with Crippen LogP contribution < -0.4 is 4.90 Å². The number of hydrogen-bond donors (Lipinski definition) is 1. The van der Waals surface area contributed by atoms with Gasteiger partial charge in [0.25, 0.3) is 5.91 Å². The van der Waals surface area contributed by atoms with Gasteiger partial charge in [-0.1, -0.05) is 0 Å². The van der Waals surface area contributed by atoms with Gasteiger partial charge in [0.15, 0.2) is 0 Å². The van der Waals surface area contributed by atoms with Crippen LogP contribution in [-0.4, -0.2) is 54.6 Å². The number of carbonyl (C=O) groups is 2. The third-order valence-electron chi connectivity index (χ3n) is 2.68. The smallest absolute Gasteiger partial charge is 0.303 e. The number of pyridine rings is 1. The molecule has 0 atom stereocenters. The molecule has 0 aromatic carbocycles. The van der Waals surface area contributed by atoms with E-state index in [0.29, 0.717) is 18.5 Å². The summed E-state index contributed by atoms with van der Waals surface area (Å²) in [5.41, 5.74) is 0.535. The van der Waals surface area contributed by atoms with Crippen LogP contribution in [0, 0.1) is 0 Å². The lowest BCUT2D eigenvalue weighted by Gasteiger charge is -2.18. The predicted octanol–water partition coefficient (Wildman–Crippen LogP) is 1.08. The van der Waals surface area contributed by atoms with Gasteiger partial charge in [0.2, 0.25) is 0 Å². The fraction of sp³-hybridized carbons (Fsp3) is 0.462. The number of aromatic nitrogens is 1. The number of rotatable bonds is 6. The molecule has 6 nitrogen and oxygen atoms in total. The summed E-state index contributed by atoms with van der Waals surface area (Å²) in [6.07, 6.45) is 2.23. The van der Waals surface area contributed by atoms with Crippen molar-refractivity contribution in [2.24, 2.45) is 0 Å². The molecule has 6 heteroatoms. The van der Waals surface area contributed by atoms with Gasteiger partial charge in [-0.3, -0.25) is 9.59 Å². The maximum Gasteiger partial charge on any atom is 0.303 e. The Morgan fingerprint density at radius 3 is 2.42 bits per heavy atom. The molecule has 1 rings (SSSR count). The van der Waals surface area contributed by atoms with Crippen LogP contribution in [0.15, 0.2) is 18.3 Å². The molecule has 0 radical (unpaired) electrons. The van der Waals surface area contributed by atoms with Crippen LogP contribution in [0.3, 0.4) is 0 Å². The Hall–Kier alpha value is -2.11. The molecule has 0 bridgehead atoms. The number of aliphatic carboxylic acids is 1. The summed E-state index contributed by atoms with van der Waals surface area (Å²) in [7, 11) is 5.22. The largest absolute Gasteiger partial charge is 0.481 e. The Kier molecular flexibility index (Phi) is 5.29. The van der Waals surface area contributed by atoms with E-state index in [1.54, 1.807) is 26.2 Å². The molecular formula is C13H19N3O3. The first-order valence-electron chi connectivity index (χ1n) is 6.02. The summed E-state index contributed by atoms with van der Waals surface area (Å²) < 4.78 is 0. The first kappa shape index (κ1) is 14.9. The van der Waals surface area contributed by atoms with Gasteiger partial charge in [0, 0.05) is 40.3 Å². The molecule has 1 aromatic rings. The van der Waals surface area contributed by atoms with E-state index in [1.165, 1.54) is 11.1 Å². The highest BCUT2D eigenvalue weighted by atomic mass is 16.4. The van der Waals surface area contributed by atoms with Crippen molar-refractivity contribution in [2.45, 2.75) is 12.8 Å². The average molecular weight is 265 g/mol. The Labute approximate surface area is 112 Å². The molecule has 1 N–H and O–H groups in total. The lowest BCUT2D eigenvalue weighted by Crippen LogP contribution is -2.23. The maximum absolute atomic E-state index is 11.7. The van der Waals surface area contributed by atoms with Crippen LogP contribution in [0.4, 0.5) is 5.82 Å². The third kappa shape index (κ3) is 4.57. The molecule has 0 unspecified atom stereocenters. The quantitative estimate of drug-likeness (QED) is 0.833. The van der Waals surface area contributed by atoms with Crippen LogP contribution >= 0.6 is 0 Å². The highest BCUT2D eigenvalue weighted by Crippen LogP contribution is 2.11. The van der Waals surface area contributed by atoms with E-state index in [9.17, 15) is 9.59 Å². The van der Waals surface area contributed by atoms with E-state index in [2.05, 4.69) is 4.98 Å². The Morgan fingerprint density at radius 1 is 1.26 bits per heavy atom. The molecule has 0 aliphatic rings. The SMILES string of the molecule is CN(C)C(=O)c1ccc(N(C)CCCC(=O)O)nc1. The highest BCUT2D eigenvalue weighted by Gasteiger charge is 2.09. The van der Waals surface area contributed by atoms with Crippen LogP contribution in [0.5, 0.6) is 0 Å². The summed E-state index contributed by atoms with van der Waals surface area (Å²) in [6, 6.07) is 3.48. The number of carboxylic acid groups (broad SMARTS) is 1. The average Bonchev–Trinajstić information content (AvgIpc) is 2.37. The number of anilines is 1. The standard InChI is InChI=1S/C13H19N3O3/c1-15(2)13(19)10-6-7-11(14-9-10)16(3)8-4-5-12(17)18/h6-7,9H,4-5,8H2,1-3H3,(H,17,18). The van der Waals surface area contributed by atoms with E-state index in [4.69, 9.17) is 5.11 Å². The zero-order valence-corrected chi connectivity index (χ0v) is 11.5. The van der Waals surface area contributed by atoms with Crippen molar-refractivity contribution in [3.63, 3.8) is 0 Å². The molecule has 0 spiro atoms. The number of nitrogens with zero attached hydrogens (tertiary/aromatic N) is 3. The molecule has 0 fully saturated rings. The maximum atomic E-state index is 11.7. The van der Waals surface area contributed by atoms with Gasteiger partial charge < -0.3 is 14.9 Å². The van der Waals surface area contributed by atoms with Crippen molar-refractivity contribution in [2.75, 3.05) is 32.6 Å². The number of amides is 1. The minimum atomic E-state index is -0.798. The van der Waals surface area contributed by atoms with Crippen LogP contribution in [0.25, 0.3) is 0 Å². The van der Waals surface area contributed by atoms with E-state index < -0.39 is 5.97 Å². The van der Waals surface area contributed by atoms with Gasteiger partial charge in [-0.15, -0.1) is 0 Å². The van der Waals surface area contributed by atoms with Crippen molar-refractivity contribution in [1.82, 2.24) is 9.88 Å². The summed E-state index contributed by atoms with van der Waals surface area (Å²) in [4.78, 5) is 29.7. The van der Waals surface area contributed by atoms with E-state index in [0.717, 1.165) is 5.82 Å². The van der Waals surface area contributed by atoms with Gasteiger partial charge >= 0.3 is 5.97 Å². The number of carbonyl (C=O) groups excluding carboxylic acids is 1. The third-order valence-corrected chi connectivity index (χ3v) is 2.68. The van der Waals surface area contributed by atoms with Crippen molar-refractivity contribution >= 4 is 17.7 Å². The zero-order chi connectivity index (χ0) is 14.4. The monoisotopic (exact) mass is 265 g/mol. The second-order valence-corrected chi connectivity index (χ2v) is 4.52. The normalized spacial score (nSPS) is 10.1. The number of carboxylic acids is 1. The Bertz CT molecular complexity index is 443. The van der Waals surface area contributed by atoms with Crippen molar-refractivity contribution < 1.29 is 14.7 Å². The van der Waals surface area contributed by atoms with Crippen molar-refractivity contribution in [3.05, 3.63) is 23.9 Å². The van der Waals surface area contributed by atoms with Gasteiger partial charge in [-0.05, 0) is 18.6 Å². The first-order valence-corrected chi connectivity index (χ1v) is 6.02. The molecule has 1 aromatic heterocycles. The molecule has 0 saturated heterocycles. The molecule has 1 heterocycles. The van der Waals surface area contributed by atoms with Crippen molar-refractivity contribution in [3.8, 4) is 0 Å². The fourth-order valence-electron chi connectivity index (χ4n) is 1.58. The van der Waals surface area contributed by atoms with E-state index in [1.807, 2.05) is 11.9 Å². The first-order chi connectivity index (χ1) is 8.91. The van der Waals surface area contributed by atoms with Gasteiger partial charge in [0.05, 0.1) is 5.56 Å². The molecule has 1 amide bonds. The van der Waals surface area contributed by atoms with Gasteiger partial charge in [0.1, 0.15) is 5.82 Å². The zero-order valence-electron chi connectivity index (χ0n) is 11.5. The Morgan fingerprint density at radius 2 is 1.95 bits per heavy atom.